The second kappa shape index (κ2) is 6.29. The first kappa shape index (κ1) is 11.8. The van der Waals surface area contributed by atoms with E-state index in [1.165, 1.54) is 12.8 Å². The molecule has 1 aromatic heterocycles. The van der Waals surface area contributed by atoms with Crippen LogP contribution in [-0.4, -0.2) is 21.8 Å². The highest BCUT2D eigenvalue weighted by Gasteiger charge is 2.01. The summed E-state index contributed by atoms with van der Waals surface area (Å²) in [5.41, 5.74) is 6.18. The average Bonchev–Trinajstić information content (AvgIpc) is 2.29. The Morgan fingerprint density at radius 3 is 3.13 bits per heavy atom. The van der Waals surface area contributed by atoms with Crippen molar-refractivity contribution in [2.75, 3.05) is 5.75 Å². The number of pyridine rings is 1. The van der Waals surface area contributed by atoms with Gasteiger partial charge in [-0.05, 0) is 24.3 Å². The van der Waals surface area contributed by atoms with Crippen molar-refractivity contribution < 1.29 is 5.21 Å². The lowest BCUT2D eigenvalue weighted by Crippen LogP contribution is -2.13. The van der Waals surface area contributed by atoms with Crippen LogP contribution in [0, 0.1) is 0 Å². The maximum atomic E-state index is 8.53. The number of hydrogen-bond acceptors (Lipinski definition) is 4. The molecule has 4 nitrogen and oxygen atoms in total. The van der Waals surface area contributed by atoms with E-state index in [1.807, 2.05) is 6.07 Å². The number of aromatic nitrogens is 1. The highest BCUT2D eigenvalue weighted by atomic mass is 32.2. The maximum absolute atomic E-state index is 8.53. The van der Waals surface area contributed by atoms with Gasteiger partial charge in [-0.2, -0.15) is 0 Å². The Labute approximate surface area is 93.6 Å². The van der Waals surface area contributed by atoms with Crippen molar-refractivity contribution in [3.63, 3.8) is 0 Å². The molecule has 0 amide bonds. The molecule has 0 spiro atoms. The van der Waals surface area contributed by atoms with Gasteiger partial charge in [0.2, 0.25) is 0 Å². The first-order chi connectivity index (χ1) is 7.27. The van der Waals surface area contributed by atoms with E-state index in [0.717, 1.165) is 10.8 Å². The fourth-order valence-electron chi connectivity index (χ4n) is 1.03. The summed E-state index contributed by atoms with van der Waals surface area (Å²) in [6, 6.07) is 3.55. The van der Waals surface area contributed by atoms with Crippen molar-refractivity contribution in [3.05, 3.63) is 23.9 Å². The molecule has 0 aliphatic heterocycles. The number of nitrogens with two attached hydrogens (primary N) is 1. The van der Waals surface area contributed by atoms with Gasteiger partial charge in [0.1, 0.15) is 0 Å². The summed E-state index contributed by atoms with van der Waals surface area (Å²) in [6.45, 7) is 2.15. The number of thioether (sulfide) groups is 1. The second-order valence-electron chi connectivity index (χ2n) is 3.07. The molecule has 0 fully saturated rings. The van der Waals surface area contributed by atoms with Crippen molar-refractivity contribution in [1.29, 1.82) is 0 Å². The molecule has 0 aliphatic rings. The molecule has 1 heterocycles. The lowest BCUT2D eigenvalue weighted by Gasteiger charge is -2.02. The standard InChI is InChI=1S/C10H15N3OS/c1-2-3-6-15-9-7-8(4-5-12-9)10(11)13-14/h4-5,7,14H,2-3,6H2,1H3,(H2,11,13). The third-order valence-electron chi connectivity index (χ3n) is 1.89. The minimum absolute atomic E-state index is 0.120. The van der Waals surface area contributed by atoms with Gasteiger partial charge in [0, 0.05) is 11.8 Å². The van der Waals surface area contributed by atoms with E-state index in [9.17, 15) is 0 Å². The van der Waals surface area contributed by atoms with Crippen LogP contribution in [0.5, 0.6) is 0 Å². The normalized spacial score (nSPS) is 11.7. The van der Waals surface area contributed by atoms with Crippen LogP contribution in [0.4, 0.5) is 0 Å². The molecule has 0 unspecified atom stereocenters. The van der Waals surface area contributed by atoms with Crippen LogP contribution >= 0.6 is 11.8 Å². The van der Waals surface area contributed by atoms with Crippen LogP contribution in [0.15, 0.2) is 28.5 Å². The monoisotopic (exact) mass is 225 g/mol. The summed E-state index contributed by atoms with van der Waals surface area (Å²) >= 11 is 1.68. The van der Waals surface area contributed by atoms with Crippen molar-refractivity contribution in [1.82, 2.24) is 4.98 Å². The third-order valence-corrected chi connectivity index (χ3v) is 2.90. The van der Waals surface area contributed by atoms with Crippen LogP contribution < -0.4 is 5.73 Å². The number of unbranched alkanes of at least 4 members (excludes halogenated alkanes) is 1. The number of rotatable bonds is 5. The van der Waals surface area contributed by atoms with Crippen LogP contribution in [-0.2, 0) is 0 Å². The molecule has 0 saturated heterocycles. The fraction of sp³-hybridized carbons (Fsp3) is 0.400. The Hall–Kier alpha value is -1.23. The van der Waals surface area contributed by atoms with Crippen molar-refractivity contribution in [2.45, 2.75) is 24.8 Å². The van der Waals surface area contributed by atoms with Gasteiger partial charge in [-0.3, -0.25) is 0 Å². The Morgan fingerprint density at radius 1 is 1.67 bits per heavy atom. The zero-order valence-corrected chi connectivity index (χ0v) is 9.50. The summed E-state index contributed by atoms with van der Waals surface area (Å²) in [5, 5.41) is 12.4. The third kappa shape index (κ3) is 3.79. The first-order valence-corrected chi connectivity index (χ1v) is 5.83. The van der Waals surface area contributed by atoms with Gasteiger partial charge in [-0.1, -0.05) is 18.5 Å². The minimum Gasteiger partial charge on any atom is -0.409 e. The predicted octanol–water partition coefficient (Wildman–Crippen LogP) is 2.07. The summed E-state index contributed by atoms with van der Waals surface area (Å²) in [6.07, 6.45) is 4.01. The molecule has 0 aliphatic carbocycles. The van der Waals surface area contributed by atoms with Gasteiger partial charge in [0.15, 0.2) is 5.84 Å². The van der Waals surface area contributed by atoms with E-state index < -0.39 is 0 Å². The highest BCUT2D eigenvalue weighted by Crippen LogP contribution is 2.17. The fourth-order valence-corrected chi connectivity index (χ4v) is 2.01. The lowest BCUT2D eigenvalue weighted by atomic mass is 10.2. The van der Waals surface area contributed by atoms with Gasteiger partial charge in [0.25, 0.3) is 0 Å². The smallest absolute Gasteiger partial charge is 0.170 e. The summed E-state index contributed by atoms with van der Waals surface area (Å²) in [4.78, 5) is 4.20. The zero-order chi connectivity index (χ0) is 11.1. The molecule has 15 heavy (non-hydrogen) atoms. The van der Waals surface area contributed by atoms with Gasteiger partial charge in [-0.15, -0.1) is 11.8 Å². The molecule has 82 valence electrons. The Bertz CT molecular complexity index is 341. The number of nitrogens with zero attached hydrogens (tertiary/aromatic N) is 2. The molecule has 1 rings (SSSR count). The van der Waals surface area contributed by atoms with Gasteiger partial charge >= 0.3 is 0 Å². The summed E-state index contributed by atoms with van der Waals surface area (Å²) in [7, 11) is 0. The molecule has 0 saturated carbocycles. The summed E-state index contributed by atoms with van der Waals surface area (Å²) < 4.78 is 0. The van der Waals surface area contributed by atoms with E-state index in [1.54, 1.807) is 24.0 Å². The van der Waals surface area contributed by atoms with E-state index in [2.05, 4.69) is 17.1 Å². The molecule has 1 aromatic rings. The zero-order valence-electron chi connectivity index (χ0n) is 8.68. The van der Waals surface area contributed by atoms with Crippen LogP contribution in [0.1, 0.15) is 25.3 Å². The largest absolute Gasteiger partial charge is 0.409 e. The second-order valence-corrected chi connectivity index (χ2v) is 4.19. The molecule has 0 radical (unpaired) electrons. The van der Waals surface area contributed by atoms with E-state index in [-0.39, 0.29) is 5.84 Å². The number of amidine groups is 1. The van der Waals surface area contributed by atoms with Gasteiger partial charge < -0.3 is 10.9 Å². The molecule has 0 bridgehead atoms. The molecular formula is C10H15N3OS. The average molecular weight is 225 g/mol. The molecule has 0 aromatic carbocycles. The van der Waals surface area contributed by atoms with Crippen LogP contribution in [0.25, 0.3) is 0 Å². The lowest BCUT2D eigenvalue weighted by molar-refractivity contribution is 0.318. The molecule has 5 heteroatoms. The minimum atomic E-state index is 0.120. The summed E-state index contributed by atoms with van der Waals surface area (Å²) in [5.74, 6) is 1.16. The molecule has 0 atom stereocenters. The van der Waals surface area contributed by atoms with E-state index >= 15 is 0 Å². The topological polar surface area (TPSA) is 71.5 Å². The van der Waals surface area contributed by atoms with E-state index in [0.29, 0.717) is 5.56 Å². The van der Waals surface area contributed by atoms with Gasteiger partial charge in [-0.25, -0.2) is 4.98 Å². The van der Waals surface area contributed by atoms with Crippen molar-refractivity contribution in [2.24, 2.45) is 10.9 Å². The quantitative estimate of drug-likeness (QED) is 0.201. The SMILES string of the molecule is CCCCSc1cc(/C(N)=N/O)ccn1. The Kier molecular flexibility index (Phi) is 4.97. The Balaban J connectivity index is 2.66. The van der Waals surface area contributed by atoms with Crippen molar-refractivity contribution in [3.8, 4) is 0 Å². The molecular weight excluding hydrogens is 210 g/mol. The van der Waals surface area contributed by atoms with E-state index in [4.69, 9.17) is 10.9 Å². The first-order valence-electron chi connectivity index (χ1n) is 4.84. The van der Waals surface area contributed by atoms with Gasteiger partial charge in [0.05, 0.1) is 5.03 Å². The Morgan fingerprint density at radius 2 is 2.47 bits per heavy atom. The number of hydrogen-bond donors (Lipinski definition) is 2. The van der Waals surface area contributed by atoms with Crippen LogP contribution in [0.3, 0.4) is 0 Å². The maximum Gasteiger partial charge on any atom is 0.170 e. The highest BCUT2D eigenvalue weighted by molar-refractivity contribution is 7.99. The number of oxime groups is 1. The predicted molar refractivity (Wildman–Crippen MR) is 62.4 cm³/mol. The molecule has 3 N–H and O–H groups in total. The van der Waals surface area contributed by atoms with Crippen LogP contribution in [0.2, 0.25) is 0 Å². The van der Waals surface area contributed by atoms with Crippen molar-refractivity contribution >= 4 is 17.6 Å².